The van der Waals surface area contributed by atoms with E-state index < -0.39 is 5.63 Å². The van der Waals surface area contributed by atoms with Crippen LogP contribution < -0.4 is 10.9 Å². The van der Waals surface area contributed by atoms with Crippen LogP contribution >= 0.6 is 15.9 Å². The number of hydrogen-bond acceptors (Lipinski definition) is 4. The van der Waals surface area contributed by atoms with Crippen molar-refractivity contribution in [3.05, 3.63) is 93.8 Å². The van der Waals surface area contributed by atoms with Crippen LogP contribution in [0, 0.1) is 0 Å². The zero-order chi connectivity index (χ0) is 19.1. The van der Waals surface area contributed by atoms with Crippen molar-refractivity contribution < 1.29 is 8.83 Å². The summed E-state index contributed by atoms with van der Waals surface area (Å²) < 4.78 is 12.7. The molecule has 0 spiro atoms. The molecule has 5 rings (SSSR count). The third-order valence-electron chi connectivity index (χ3n) is 4.61. The highest BCUT2D eigenvalue weighted by molar-refractivity contribution is 9.10. The Kier molecular flexibility index (Phi) is 4.02. The van der Waals surface area contributed by atoms with Crippen molar-refractivity contribution in [2.24, 2.45) is 0 Å². The zero-order valence-corrected chi connectivity index (χ0v) is 16.2. The predicted octanol–water partition coefficient (Wildman–Crippen LogP) is 6.71. The molecular formula is C23H14BrNO3. The molecule has 2 heterocycles. The van der Waals surface area contributed by atoms with Gasteiger partial charge >= 0.3 is 5.63 Å². The number of para-hydroxylation sites is 2. The van der Waals surface area contributed by atoms with Gasteiger partial charge in [0.2, 0.25) is 5.88 Å². The van der Waals surface area contributed by atoms with Gasteiger partial charge in [0, 0.05) is 10.2 Å². The highest BCUT2D eigenvalue weighted by atomic mass is 79.9. The number of benzene rings is 3. The molecule has 2 aromatic heterocycles. The second kappa shape index (κ2) is 6.69. The van der Waals surface area contributed by atoms with E-state index in [1.807, 2.05) is 72.8 Å². The number of rotatable bonds is 3. The van der Waals surface area contributed by atoms with Crippen LogP contribution in [0.5, 0.6) is 0 Å². The Bertz CT molecular complexity index is 1350. The number of furan rings is 1. The Morgan fingerprint density at radius 2 is 1.50 bits per heavy atom. The number of halogens is 1. The fourth-order valence-electron chi connectivity index (χ4n) is 3.34. The van der Waals surface area contributed by atoms with Gasteiger partial charge in [-0.1, -0.05) is 58.4 Å². The summed E-state index contributed by atoms with van der Waals surface area (Å²) in [5, 5.41) is 4.50. The molecule has 0 fully saturated rings. The number of hydrogen-bond donors (Lipinski definition) is 1. The minimum Gasteiger partial charge on any atom is -0.439 e. The van der Waals surface area contributed by atoms with Crippen LogP contribution in [0.25, 0.3) is 33.1 Å². The topological polar surface area (TPSA) is 55.4 Å². The van der Waals surface area contributed by atoms with Gasteiger partial charge in [0.25, 0.3) is 0 Å². The smallest absolute Gasteiger partial charge is 0.348 e. The van der Waals surface area contributed by atoms with E-state index in [4.69, 9.17) is 8.83 Å². The fourth-order valence-corrected chi connectivity index (χ4v) is 3.61. The van der Waals surface area contributed by atoms with Crippen molar-refractivity contribution in [3.8, 4) is 11.1 Å². The van der Waals surface area contributed by atoms with E-state index in [-0.39, 0.29) is 0 Å². The highest BCUT2D eigenvalue weighted by Crippen LogP contribution is 2.41. The summed E-state index contributed by atoms with van der Waals surface area (Å²) in [6.07, 6.45) is 0. The summed E-state index contributed by atoms with van der Waals surface area (Å²) in [6.45, 7) is 0. The highest BCUT2D eigenvalue weighted by Gasteiger charge is 2.22. The molecule has 0 aliphatic rings. The van der Waals surface area contributed by atoms with E-state index in [2.05, 4.69) is 21.2 Å². The van der Waals surface area contributed by atoms with Gasteiger partial charge in [-0.2, -0.15) is 0 Å². The molecule has 5 aromatic rings. The van der Waals surface area contributed by atoms with Crippen LogP contribution in [-0.4, -0.2) is 0 Å². The van der Waals surface area contributed by atoms with E-state index in [1.54, 1.807) is 6.07 Å². The lowest BCUT2D eigenvalue weighted by Crippen LogP contribution is -2.00. The lowest BCUT2D eigenvalue weighted by atomic mass is 10.0. The van der Waals surface area contributed by atoms with Crippen LogP contribution in [0.3, 0.4) is 0 Å². The molecule has 0 bridgehead atoms. The summed E-state index contributed by atoms with van der Waals surface area (Å²) in [7, 11) is 0. The van der Waals surface area contributed by atoms with E-state index in [0.717, 1.165) is 21.1 Å². The maximum atomic E-state index is 12.9. The van der Waals surface area contributed by atoms with Gasteiger partial charge < -0.3 is 14.2 Å². The van der Waals surface area contributed by atoms with Gasteiger partial charge in [0.15, 0.2) is 5.58 Å². The first-order chi connectivity index (χ1) is 13.7. The standard InChI is InChI=1S/C23H14BrNO3/c24-15-12-10-14(11-13-15)19-20-21(17-8-4-5-9-18(17)27-23(20)26)28-22(19)25-16-6-2-1-3-7-16/h1-13,25H. The van der Waals surface area contributed by atoms with Crippen LogP contribution in [-0.2, 0) is 0 Å². The lowest BCUT2D eigenvalue weighted by molar-refractivity contribution is 0.566. The Balaban J connectivity index is 1.85. The van der Waals surface area contributed by atoms with Crippen molar-refractivity contribution >= 4 is 49.4 Å². The van der Waals surface area contributed by atoms with Crippen molar-refractivity contribution in [2.45, 2.75) is 0 Å². The van der Waals surface area contributed by atoms with Crippen molar-refractivity contribution in [1.29, 1.82) is 0 Å². The summed E-state index contributed by atoms with van der Waals surface area (Å²) in [5.41, 5.74) is 3.02. The van der Waals surface area contributed by atoms with Crippen molar-refractivity contribution in [3.63, 3.8) is 0 Å². The van der Waals surface area contributed by atoms with E-state index >= 15 is 0 Å². The maximum absolute atomic E-state index is 12.9. The summed E-state index contributed by atoms with van der Waals surface area (Å²) in [5.74, 6) is 0.507. The molecule has 1 N–H and O–H groups in total. The van der Waals surface area contributed by atoms with Gasteiger partial charge in [0.1, 0.15) is 11.0 Å². The van der Waals surface area contributed by atoms with Crippen molar-refractivity contribution in [1.82, 2.24) is 0 Å². The molecule has 28 heavy (non-hydrogen) atoms. The summed E-state index contributed by atoms with van der Waals surface area (Å²) in [4.78, 5) is 12.9. The molecule has 4 nitrogen and oxygen atoms in total. The van der Waals surface area contributed by atoms with E-state index in [9.17, 15) is 4.79 Å². The predicted molar refractivity (Wildman–Crippen MR) is 115 cm³/mol. The maximum Gasteiger partial charge on any atom is 0.348 e. The number of fused-ring (bicyclic) bond motifs is 3. The molecule has 0 aliphatic heterocycles. The molecule has 0 amide bonds. The SMILES string of the molecule is O=c1oc2ccccc2c2oc(Nc3ccccc3)c(-c3ccc(Br)cc3)c12. The minimum atomic E-state index is -0.420. The first kappa shape index (κ1) is 16.8. The molecular weight excluding hydrogens is 418 g/mol. The third kappa shape index (κ3) is 2.80. The van der Waals surface area contributed by atoms with Crippen LogP contribution in [0.1, 0.15) is 0 Å². The molecule has 3 aromatic carbocycles. The van der Waals surface area contributed by atoms with E-state index in [1.165, 1.54) is 0 Å². The van der Waals surface area contributed by atoms with Gasteiger partial charge in [0.05, 0.1) is 10.9 Å². The Hall–Kier alpha value is -3.31. The zero-order valence-electron chi connectivity index (χ0n) is 14.6. The molecule has 5 heteroatoms. The van der Waals surface area contributed by atoms with Crippen LogP contribution in [0.4, 0.5) is 11.6 Å². The largest absolute Gasteiger partial charge is 0.439 e. The first-order valence-electron chi connectivity index (χ1n) is 8.77. The second-order valence-electron chi connectivity index (χ2n) is 6.39. The average molecular weight is 432 g/mol. The molecule has 0 saturated heterocycles. The number of anilines is 2. The molecule has 0 radical (unpaired) electrons. The molecule has 0 aliphatic carbocycles. The average Bonchev–Trinajstić information content (AvgIpc) is 3.09. The van der Waals surface area contributed by atoms with Gasteiger partial charge in [-0.05, 0) is 42.0 Å². The minimum absolute atomic E-state index is 0.420. The Morgan fingerprint density at radius 1 is 0.786 bits per heavy atom. The molecule has 0 atom stereocenters. The van der Waals surface area contributed by atoms with E-state index in [0.29, 0.717) is 28.0 Å². The van der Waals surface area contributed by atoms with Crippen LogP contribution in [0.2, 0.25) is 0 Å². The van der Waals surface area contributed by atoms with Crippen molar-refractivity contribution in [2.75, 3.05) is 5.32 Å². The Labute approximate surface area is 168 Å². The quantitative estimate of drug-likeness (QED) is 0.322. The molecule has 0 unspecified atom stereocenters. The molecule has 136 valence electrons. The summed E-state index contributed by atoms with van der Waals surface area (Å²) >= 11 is 3.46. The first-order valence-corrected chi connectivity index (χ1v) is 9.56. The fraction of sp³-hybridized carbons (Fsp3) is 0. The monoisotopic (exact) mass is 431 g/mol. The summed E-state index contributed by atoms with van der Waals surface area (Å²) in [6, 6.07) is 24.9. The lowest BCUT2D eigenvalue weighted by Gasteiger charge is -2.06. The second-order valence-corrected chi connectivity index (χ2v) is 7.31. The van der Waals surface area contributed by atoms with Gasteiger partial charge in [-0.25, -0.2) is 4.79 Å². The van der Waals surface area contributed by atoms with Gasteiger partial charge in [-0.15, -0.1) is 0 Å². The normalized spacial score (nSPS) is 11.2. The molecule has 0 saturated carbocycles. The van der Waals surface area contributed by atoms with Crippen LogP contribution in [0.15, 0.2) is 97.0 Å². The Morgan fingerprint density at radius 3 is 2.29 bits per heavy atom. The van der Waals surface area contributed by atoms with Gasteiger partial charge in [-0.3, -0.25) is 0 Å². The number of nitrogens with one attached hydrogen (secondary N) is 1. The third-order valence-corrected chi connectivity index (χ3v) is 5.14.